The van der Waals surface area contributed by atoms with Crippen LogP contribution in [-0.2, 0) is 31.4 Å². The van der Waals surface area contributed by atoms with Crippen molar-refractivity contribution in [3.63, 3.8) is 0 Å². The first-order valence-corrected chi connectivity index (χ1v) is 13.6. The largest absolute Gasteiger partial charge is 0.355 e. The lowest BCUT2D eigenvalue weighted by atomic mass is 9.95. The summed E-state index contributed by atoms with van der Waals surface area (Å²) >= 11 is 0. The number of nitrogens with zero attached hydrogens (tertiary/aromatic N) is 1. The minimum Gasteiger partial charge on any atom is -0.355 e. The Bertz CT molecular complexity index is 1120. The fourth-order valence-corrected chi connectivity index (χ4v) is 5.61. The Balaban J connectivity index is 1.32. The van der Waals surface area contributed by atoms with Crippen LogP contribution in [0.4, 0.5) is 5.69 Å². The average Bonchev–Trinajstić information content (AvgIpc) is 3.54. The van der Waals surface area contributed by atoms with Crippen LogP contribution in [0.5, 0.6) is 0 Å². The predicted octanol–water partition coefficient (Wildman–Crippen LogP) is 3.60. The molecule has 0 spiro atoms. The van der Waals surface area contributed by atoms with Crippen LogP contribution in [0, 0.1) is 0 Å². The van der Waals surface area contributed by atoms with Gasteiger partial charge in [-0.3, -0.25) is 14.3 Å². The minimum atomic E-state index is -3.68. The third kappa shape index (κ3) is 5.43. The SMILES string of the molecule is CCCc1ccc(S(=O)(=O)Nc2ccc(C3(C(=O)NCCCN4CCCC4=O)CC3)cc2)cc1. The van der Waals surface area contributed by atoms with Gasteiger partial charge >= 0.3 is 0 Å². The quantitative estimate of drug-likeness (QED) is 0.478. The van der Waals surface area contributed by atoms with E-state index in [1.165, 1.54) is 0 Å². The van der Waals surface area contributed by atoms with Gasteiger partial charge in [0.15, 0.2) is 0 Å². The molecule has 0 atom stereocenters. The highest BCUT2D eigenvalue weighted by molar-refractivity contribution is 7.92. The van der Waals surface area contributed by atoms with E-state index in [9.17, 15) is 18.0 Å². The molecule has 7 nitrogen and oxygen atoms in total. The van der Waals surface area contributed by atoms with Gasteiger partial charge in [0.2, 0.25) is 11.8 Å². The van der Waals surface area contributed by atoms with Crippen LogP contribution >= 0.6 is 0 Å². The summed E-state index contributed by atoms with van der Waals surface area (Å²) in [7, 11) is -3.68. The van der Waals surface area contributed by atoms with E-state index in [0.29, 0.717) is 25.2 Å². The van der Waals surface area contributed by atoms with Crippen molar-refractivity contribution in [2.24, 2.45) is 0 Å². The number of amides is 2. The van der Waals surface area contributed by atoms with Crippen LogP contribution in [0.3, 0.4) is 0 Å². The molecule has 2 aromatic carbocycles. The number of anilines is 1. The van der Waals surface area contributed by atoms with Crippen molar-refractivity contribution in [1.82, 2.24) is 10.2 Å². The van der Waals surface area contributed by atoms with Crippen molar-refractivity contribution in [1.29, 1.82) is 0 Å². The standard InChI is InChI=1S/C26H33N3O4S/c1-2-5-20-7-13-23(14-8-20)34(32,33)28-22-11-9-21(10-12-22)26(15-16-26)25(31)27-17-4-19-29-18-3-6-24(29)30/h7-14,28H,2-6,15-19H2,1H3,(H,27,31). The van der Waals surface area contributed by atoms with Gasteiger partial charge in [-0.15, -0.1) is 0 Å². The molecule has 2 N–H and O–H groups in total. The van der Waals surface area contributed by atoms with Gasteiger partial charge in [0, 0.05) is 31.7 Å². The molecule has 34 heavy (non-hydrogen) atoms. The smallest absolute Gasteiger partial charge is 0.261 e. The summed E-state index contributed by atoms with van der Waals surface area (Å²) in [5.41, 5.74) is 1.94. The molecule has 4 rings (SSSR count). The number of carbonyl (C=O) groups excluding carboxylic acids is 2. The lowest BCUT2D eigenvalue weighted by molar-refractivity contribution is -0.127. The highest BCUT2D eigenvalue weighted by Crippen LogP contribution is 2.48. The molecule has 1 heterocycles. The monoisotopic (exact) mass is 483 g/mol. The summed E-state index contributed by atoms with van der Waals surface area (Å²) < 4.78 is 28.1. The molecule has 2 aromatic rings. The van der Waals surface area contributed by atoms with Crippen LogP contribution in [0.2, 0.25) is 0 Å². The number of carbonyl (C=O) groups is 2. The number of benzene rings is 2. The van der Waals surface area contributed by atoms with E-state index in [2.05, 4.69) is 17.0 Å². The zero-order valence-corrected chi connectivity index (χ0v) is 20.5. The summed E-state index contributed by atoms with van der Waals surface area (Å²) in [5, 5.41) is 3.02. The molecule has 8 heteroatoms. The first kappa shape index (κ1) is 24.3. The maximum Gasteiger partial charge on any atom is 0.261 e. The van der Waals surface area contributed by atoms with E-state index in [0.717, 1.165) is 56.2 Å². The zero-order valence-electron chi connectivity index (χ0n) is 19.7. The summed E-state index contributed by atoms with van der Waals surface area (Å²) in [4.78, 5) is 26.6. The molecule has 2 aliphatic rings. The van der Waals surface area contributed by atoms with E-state index >= 15 is 0 Å². The number of nitrogens with one attached hydrogen (secondary N) is 2. The molecular weight excluding hydrogens is 450 g/mol. The van der Waals surface area contributed by atoms with E-state index < -0.39 is 15.4 Å². The van der Waals surface area contributed by atoms with E-state index in [1.807, 2.05) is 29.2 Å². The second-order valence-electron chi connectivity index (χ2n) is 9.25. The van der Waals surface area contributed by atoms with Crippen molar-refractivity contribution in [3.05, 3.63) is 59.7 Å². The highest BCUT2D eigenvalue weighted by atomic mass is 32.2. The van der Waals surface area contributed by atoms with Gasteiger partial charge in [-0.05, 0) is 67.5 Å². The molecule has 0 unspecified atom stereocenters. The molecule has 182 valence electrons. The number of aryl methyl sites for hydroxylation is 1. The van der Waals surface area contributed by atoms with Crippen LogP contribution in [0.1, 0.15) is 56.6 Å². The molecule has 1 aliphatic heterocycles. The lowest BCUT2D eigenvalue weighted by Gasteiger charge is -2.18. The third-order valence-electron chi connectivity index (χ3n) is 6.71. The van der Waals surface area contributed by atoms with Gasteiger partial charge in [0.1, 0.15) is 0 Å². The first-order valence-electron chi connectivity index (χ1n) is 12.1. The van der Waals surface area contributed by atoms with Crippen LogP contribution in [-0.4, -0.2) is 44.8 Å². The van der Waals surface area contributed by atoms with Crippen LogP contribution < -0.4 is 10.0 Å². The third-order valence-corrected chi connectivity index (χ3v) is 8.11. The summed E-state index contributed by atoms with van der Waals surface area (Å²) in [5.74, 6) is 0.204. The Morgan fingerprint density at radius 2 is 1.76 bits per heavy atom. The fraction of sp³-hybridized carbons (Fsp3) is 0.462. The second-order valence-corrected chi connectivity index (χ2v) is 10.9. The molecule has 1 aliphatic carbocycles. The normalized spacial score (nSPS) is 17.0. The Kier molecular flexibility index (Phi) is 7.26. The maximum absolute atomic E-state index is 12.9. The predicted molar refractivity (Wildman–Crippen MR) is 132 cm³/mol. The number of hydrogen-bond acceptors (Lipinski definition) is 4. The number of rotatable bonds is 11. The Morgan fingerprint density at radius 1 is 1.06 bits per heavy atom. The molecule has 1 saturated carbocycles. The molecule has 0 bridgehead atoms. The van der Waals surface area contributed by atoms with Crippen molar-refractivity contribution in [2.45, 2.75) is 62.2 Å². The molecule has 2 amide bonds. The van der Waals surface area contributed by atoms with Crippen molar-refractivity contribution < 1.29 is 18.0 Å². The van der Waals surface area contributed by atoms with E-state index in [4.69, 9.17) is 0 Å². The lowest BCUT2D eigenvalue weighted by Crippen LogP contribution is -2.36. The van der Waals surface area contributed by atoms with Crippen molar-refractivity contribution >= 4 is 27.5 Å². The fourth-order valence-electron chi connectivity index (χ4n) is 4.55. The first-order chi connectivity index (χ1) is 16.3. The second kappa shape index (κ2) is 10.2. The van der Waals surface area contributed by atoms with Crippen molar-refractivity contribution in [3.8, 4) is 0 Å². The summed E-state index contributed by atoms with van der Waals surface area (Å²) in [6.45, 7) is 4.13. The average molecular weight is 484 g/mol. The number of likely N-dealkylation sites (tertiary alicyclic amines) is 1. The minimum absolute atomic E-state index is 0.000693. The highest BCUT2D eigenvalue weighted by Gasteiger charge is 2.51. The molecular formula is C26H33N3O4S. The van der Waals surface area contributed by atoms with Gasteiger partial charge in [-0.2, -0.15) is 0 Å². The maximum atomic E-state index is 12.9. The Labute approximate surface area is 202 Å². The van der Waals surface area contributed by atoms with Crippen LogP contribution in [0.15, 0.2) is 53.4 Å². The summed E-state index contributed by atoms with van der Waals surface area (Å²) in [6, 6.07) is 14.0. The van der Waals surface area contributed by atoms with Gasteiger partial charge in [0.05, 0.1) is 10.3 Å². The number of hydrogen-bond donors (Lipinski definition) is 2. The molecule has 0 aromatic heterocycles. The van der Waals surface area contributed by atoms with Gasteiger partial charge in [0.25, 0.3) is 10.0 Å². The topological polar surface area (TPSA) is 95.6 Å². The zero-order chi connectivity index (χ0) is 24.2. The molecule has 2 fully saturated rings. The molecule has 0 radical (unpaired) electrons. The van der Waals surface area contributed by atoms with Gasteiger partial charge in [-0.1, -0.05) is 37.6 Å². The summed E-state index contributed by atoms with van der Waals surface area (Å²) in [6.07, 6.45) is 5.78. The van der Waals surface area contributed by atoms with E-state index in [1.54, 1.807) is 24.3 Å². The molecule has 1 saturated heterocycles. The van der Waals surface area contributed by atoms with Gasteiger partial charge in [-0.25, -0.2) is 8.42 Å². The van der Waals surface area contributed by atoms with Crippen molar-refractivity contribution in [2.75, 3.05) is 24.4 Å². The number of sulfonamides is 1. The Morgan fingerprint density at radius 3 is 2.35 bits per heavy atom. The Hall–Kier alpha value is -2.87. The van der Waals surface area contributed by atoms with Crippen LogP contribution in [0.25, 0.3) is 0 Å². The van der Waals surface area contributed by atoms with E-state index in [-0.39, 0.29) is 16.7 Å². The van der Waals surface area contributed by atoms with Gasteiger partial charge < -0.3 is 10.2 Å².